The molecule has 1 aliphatic carbocycles. The summed E-state index contributed by atoms with van der Waals surface area (Å²) in [7, 11) is -3.13. The molecule has 0 aliphatic heterocycles. The molecule has 0 spiro atoms. The largest absolute Gasteiger partial charge is 0.326 e. The summed E-state index contributed by atoms with van der Waals surface area (Å²) >= 11 is 0. The van der Waals surface area contributed by atoms with Crippen molar-refractivity contribution in [1.29, 1.82) is 0 Å². The van der Waals surface area contributed by atoms with E-state index in [-0.39, 0.29) is 0 Å². The van der Waals surface area contributed by atoms with Crippen LogP contribution < -0.4 is 0 Å². The quantitative estimate of drug-likeness (QED) is 0.554. The number of hydrogen-bond donors (Lipinski definition) is 2. The maximum absolute atomic E-state index is 8.74. The molecule has 9 heavy (non-hydrogen) atoms. The topological polar surface area (TPSA) is 57.5 Å². The molecule has 1 fully saturated rings. The molecule has 0 atom stereocenters. The van der Waals surface area contributed by atoms with Crippen LogP contribution in [-0.2, 0) is 4.57 Å². The molecule has 0 heterocycles. The van der Waals surface area contributed by atoms with Gasteiger partial charge in [0.05, 0.1) is 0 Å². The van der Waals surface area contributed by atoms with E-state index >= 15 is 0 Å². The molecule has 0 aromatic rings. The van der Waals surface area contributed by atoms with Gasteiger partial charge in [-0.25, -0.2) is 0 Å². The Balaban J connectivity index is 0.000000148. The highest BCUT2D eigenvalue weighted by molar-refractivity contribution is 7.30. The number of rotatable bonds is 1. The first kappa shape index (κ1) is 9.15. The molecule has 1 rings (SSSR count). The molecule has 0 aromatic heterocycles. The first-order chi connectivity index (χ1) is 4.16. The molecule has 0 bridgehead atoms. The molecule has 1 aliphatic rings. The zero-order chi connectivity index (χ0) is 7.28. The lowest BCUT2D eigenvalue weighted by molar-refractivity contribution is 0.405. The van der Waals surface area contributed by atoms with Crippen LogP contribution in [0.3, 0.4) is 0 Å². The Morgan fingerprint density at radius 1 is 1.56 bits per heavy atom. The standard InChI is InChI=1S/C5H10.H3O3P/c1-2-5-3-4-5;1-4(2)3/h5H,2-4H2,1H3;4H,(H2,1,2,3). The summed E-state index contributed by atoms with van der Waals surface area (Å²) in [6, 6.07) is 0. The van der Waals surface area contributed by atoms with E-state index in [0.29, 0.717) is 0 Å². The SMILES string of the molecule is CCC1CC1.O=[PH](O)O. The summed E-state index contributed by atoms with van der Waals surface area (Å²) in [5.41, 5.74) is 0. The van der Waals surface area contributed by atoms with Gasteiger partial charge in [0, 0.05) is 0 Å². The minimum absolute atomic E-state index is 1.13. The second-order valence-corrected chi connectivity index (χ2v) is 2.70. The smallest absolute Gasteiger partial charge is 0.314 e. The van der Waals surface area contributed by atoms with Crippen LogP contribution in [0.1, 0.15) is 26.2 Å². The second-order valence-electron chi connectivity index (χ2n) is 2.13. The van der Waals surface area contributed by atoms with Crippen molar-refractivity contribution >= 4 is 8.25 Å². The average molecular weight is 152 g/mol. The third-order valence-electron chi connectivity index (χ3n) is 1.27. The second kappa shape index (κ2) is 4.98. The van der Waals surface area contributed by atoms with Crippen LogP contribution >= 0.6 is 8.25 Å². The third-order valence-corrected chi connectivity index (χ3v) is 1.27. The van der Waals surface area contributed by atoms with Crippen LogP contribution in [0.25, 0.3) is 0 Å². The summed E-state index contributed by atoms with van der Waals surface area (Å²) in [5, 5.41) is 0. The molecule has 0 saturated heterocycles. The summed E-state index contributed by atoms with van der Waals surface area (Å²) in [5.74, 6) is 1.13. The Hall–Kier alpha value is 0.150. The molecule has 4 heteroatoms. The van der Waals surface area contributed by atoms with Crippen LogP contribution in [0, 0.1) is 5.92 Å². The highest BCUT2D eigenvalue weighted by atomic mass is 31.1. The minimum Gasteiger partial charge on any atom is -0.326 e. The van der Waals surface area contributed by atoms with E-state index in [1.807, 2.05) is 0 Å². The van der Waals surface area contributed by atoms with Crippen molar-refractivity contribution in [2.24, 2.45) is 5.92 Å². The zero-order valence-corrected chi connectivity index (χ0v) is 6.50. The van der Waals surface area contributed by atoms with Crippen LogP contribution in [0.4, 0.5) is 0 Å². The van der Waals surface area contributed by atoms with Gasteiger partial charge in [-0.3, -0.25) is 4.57 Å². The van der Waals surface area contributed by atoms with Crippen molar-refractivity contribution in [3.63, 3.8) is 0 Å². The summed E-state index contributed by atoms with van der Waals surface area (Å²) in [6.07, 6.45) is 4.44. The molecule has 1 saturated carbocycles. The highest BCUT2D eigenvalue weighted by Gasteiger charge is 2.17. The Kier molecular flexibility index (Phi) is 5.06. The van der Waals surface area contributed by atoms with Crippen LogP contribution in [0.15, 0.2) is 0 Å². The molecule has 0 radical (unpaired) electrons. The van der Waals surface area contributed by atoms with E-state index in [4.69, 9.17) is 14.4 Å². The van der Waals surface area contributed by atoms with Crippen LogP contribution in [0.5, 0.6) is 0 Å². The predicted molar refractivity (Wildman–Crippen MR) is 36.5 cm³/mol. The third kappa shape index (κ3) is 11.6. The first-order valence-corrected chi connectivity index (χ1v) is 4.39. The molecule has 56 valence electrons. The fourth-order valence-corrected chi connectivity index (χ4v) is 0.526. The van der Waals surface area contributed by atoms with Crippen molar-refractivity contribution in [2.45, 2.75) is 26.2 Å². The van der Waals surface area contributed by atoms with Crippen molar-refractivity contribution in [1.82, 2.24) is 0 Å². The fraction of sp³-hybridized carbons (Fsp3) is 1.00. The van der Waals surface area contributed by atoms with E-state index in [0.717, 1.165) is 5.92 Å². The monoisotopic (exact) mass is 152 g/mol. The average Bonchev–Trinajstić information content (AvgIpc) is 2.43. The van der Waals surface area contributed by atoms with Gasteiger partial charge in [0.25, 0.3) is 0 Å². The summed E-state index contributed by atoms with van der Waals surface area (Å²) in [6.45, 7) is 2.26. The van der Waals surface area contributed by atoms with Crippen molar-refractivity contribution in [3.05, 3.63) is 0 Å². The van der Waals surface area contributed by atoms with Gasteiger partial charge in [-0.2, -0.15) is 0 Å². The Morgan fingerprint density at radius 3 is 1.89 bits per heavy atom. The van der Waals surface area contributed by atoms with E-state index in [1.54, 1.807) is 0 Å². The van der Waals surface area contributed by atoms with E-state index < -0.39 is 8.25 Å². The molecular formula is C5H13O3P. The first-order valence-electron chi connectivity index (χ1n) is 3.08. The van der Waals surface area contributed by atoms with Gasteiger partial charge in [-0.1, -0.05) is 26.2 Å². The van der Waals surface area contributed by atoms with Crippen LogP contribution in [0.2, 0.25) is 0 Å². The van der Waals surface area contributed by atoms with Gasteiger partial charge < -0.3 is 9.79 Å². The van der Waals surface area contributed by atoms with Gasteiger partial charge in [0.2, 0.25) is 0 Å². The van der Waals surface area contributed by atoms with E-state index in [9.17, 15) is 0 Å². The lowest BCUT2D eigenvalue weighted by atomic mass is 10.3. The Labute approximate surface area is 55.7 Å². The van der Waals surface area contributed by atoms with Gasteiger partial charge in [0.15, 0.2) is 0 Å². The van der Waals surface area contributed by atoms with Gasteiger partial charge >= 0.3 is 8.25 Å². The summed E-state index contributed by atoms with van der Waals surface area (Å²) in [4.78, 5) is 14.3. The van der Waals surface area contributed by atoms with Crippen molar-refractivity contribution in [2.75, 3.05) is 0 Å². The maximum atomic E-state index is 8.74. The summed E-state index contributed by atoms with van der Waals surface area (Å²) < 4.78 is 8.74. The molecule has 0 unspecified atom stereocenters. The maximum Gasteiger partial charge on any atom is 0.314 e. The molecule has 3 nitrogen and oxygen atoms in total. The lowest BCUT2D eigenvalue weighted by Crippen LogP contribution is -1.59. The van der Waals surface area contributed by atoms with Gasteiger partial charge in [0.1, 0.15) is 0 Å². The predicted octanol–water partition coefficient (Wildman–Crippen LogP) is 1.17. The van der Waals surface area contributed by atoms with Gasteiger partial charge in [-0.05, 0) is 5.92 Å². The molecule has 0 amide bonds. The van der Waals surface area contributed by atoms with E-state index in [1.165, 1.54) is 19.3 Å². The highest BCUT2D eigenvalue weighted by Crippen LogP contribution is 2.31. The Bertz CT molecular complexity index is 86.2. The number of hydrogen-bond acceptors (Lipinski definition) is 1. The fourth-order valence-electron chi connectivity index (χ4n) is 0.526. The Morgan fingerprint density at radius 2 is 1.89 bits per heavy atom. The molecule has 2 N–H and O–H groups in total. The lowest BCUT2D eigenvalue weighted by Gasteiger charge is -1.72. The van der Waals surface area contributed by atoms with Crippen molar-refractivity contribution < 1.29 is 14.4 Å². The van der Waals surface area contributed by atoms with Crippen LogP contribution in [-0.4, -0.2) is 9.79 Å². The van der Waals surface area contributed by atoms with E-state index in [2.05, 4.69) is 6.92 Å². The zero-order valence-electron chi connectivity index (χ0n) is 5.50. The van der Waals surface area contributed by atoms with Gasteiger partial charge in [-0.15, -0.1) is 0 Å². The minimum atomic E-state index is -3.13. The normalized spacial score (nSPS) is 16.9. The van der Waals surface area contributed by atoms with Crippen molar-refractivity contribution in [3.8, 4) is 0 Å². The molecule has 0 aromatic carbocycles. The molecular weight excluding hydrogens is 139 g/mol.